The number of hydrogen-bond acceptors (Lipinski definition) is 2. The maximum absolute atomic E-state index is 12.6. The van der Waals surface area contributed by atoms with Gasteiger partial charge in [0.25, 0.3) is 0 Å². The van der Waals surface area contributed by atoms with Gasteiger partial charge in [-0.05, 0) is 57.0 Å². The molecule has 1 heterocycles. The summed E-state index contributed by atoms with van der Waals surface area (Å²) in [7, 11) is 0. The number of nitrogens with zero attached hydrogens (tertiary/aromatic N) is 1. The number of aryl methyl sites for hydroxylation is 2. The molecule has 0 radical (unpaired) electrons. The molecule has 3 aromatic rings. The Morgan fingerprint density at radius 2 is 1.64 bits per heavy atom. The Morgan fingerprint density at radius 1 is 1.00 bits per heavy atom. The van der Waals surface area contributed by atoms with Gasteiger partial charge in [-0.3, -0.25) is 9.59 Å². The third-order valence-electron chi connectivity index (χ3n) is 4.39. The van der Waals surface area contributed by atoms with E-state index in [1.54, 1.807) is 6.92 Å². The Hall–Kier alpha value is -2.88. The highest BCUT2D eigenvalue weighted by Gasteiger charge is 2.18. The second-order valence-electron chi connectivity index (χ2n) is 6.54. The summed E-state index contributed by atoms with van der Waals surface area (Å²) in [4.78, 5) is 24.6. The Kier molecular flexibility index (Phi) is 4.45. The third-order valence-corrected chi connectivity index (χ3v) is 4.39. The van der Waals surface area contributed by atoms with E-state index < -0.39 is 0 Å². The highest BCUT2D eigenvalue weighted by Crippen LogP contribution is 2.26. The van der Waals surface area contributed by atoms with E-state index in [1.807, 2.05) is 61.7 Å². The zero-order chi connectivity index (χ0) is 18.1. The van der Waals surface area contributed by atoms with Crippen LogP contribution in [0.25, 0.3) is 10.9 Å². The molecule has 25 heavy (non-hydrogen) atoms. The van der Waals surface area contributed by atoms with Crippen LogP contribution in [0.5, 0.6) is 0 Å². The summed E-state index contributed by atoms with van der Waals surface area (Å²) >= 11 is 0. The number of carbonyl (C=O) groups is 2. The molecule has 1 aromatic heterocycles. The number of carbonyl (C=O) groups excluding carboxylic acids is 2. The van der Waals surface area contributed by atoms with Crippen molar-refractivity contribution >= 4 is 28.3 Å². The van der Waals surface area contributed by atoms with Gasteiger partial charge in [0.05, 0.1) is 0 Å². The van der Waals surface area contributed by atoms with E-state index in [2.05, 4.69) is 11.4 Å². The van der Waals surface area contributed by atoms with Crippen molar-refractivity contribution in [1.29, 1.82) is 0 Å². The van der Waals surface area contributed by atoms with Gasteiger partial charge in [0.2, 0.25) is 5.91 Å². The first-order valence-electron chi connectivity index (χ1n) is 8.33. The minimum atomic E-state index is -0.107. The smallest absolute Gasteiger partial charge is 0.244 e. The highest BCUT2D eigenvalue weighted by molar-refractivity contribution is 6.08. The molecule has 0 atom stereocenters. The van der Waals surface area contributed by atoms with Crippen molar-refractivity contribution in [2.24, 2.45) is 0 Å². The summed E-state index contributed by atoms with van der Waals surface area (Å²) in [5.74, 6) is -0.0916. The van der Waals surface area contributed by atoms with Gasteiger partial charge in [0.1, 0.15) is 6.54 Å². The van der Waals surface area contributed by atoms with Crippen LogP contribution in [0.15, 0.2) is 42.5 Å². The van der Waals surface area contributed by atoms with E-state index in [4.69, 9.17) is 0 Å². The van der Waals surface area contributed by atoms with E-state index >= 15 is 0 Å². The van der Waals surface area contributed by atoms with Crippen molar-refractivity contribution in [3.63, 3.8) is 0 Å². The summed E-state index contributed by atoms with van der Waals surface area (Å²) in [5, 5.41) is 3.85. The largest absolute Gasteiger partial charge is 0.335 e. The second-order valence-corrected chi connectivity index (χ2v) is 6.54. The number of anilines is 1. The lowest BCUT2D eigenvalue weighted by molar-refractivity contribution is -0.116. The molecule has 0 aliphatic heterocycles. The van der Waals surface area contributed by atoms with Gasteiger partial charge in [-0.1, -0.05) is 24.3 Å². The minimum Gasteiger partial charge on any atom is -0.335 e. The number of fused-ring (bicyclic) bond motifs is 1. The molecule has 3 rings (SSSR count). The van der Waals surface area contributed by atoms with Crippen molar-refractivity contribution in [2.75, 3.05) is 5.32 Å². The lowest BCUT2D eigenvalue weighted by Gasteiger charge is -2.11. The van der Waals surface area contributed by atoms with Crippen LogP contribution in [0.4, 0.5) is 5.69 Å². The SMILES string of the molecule is CC(=O)c1c(C)n(CC(=O)Nc2cc(C)cc(C)c2)c2ccccc12. The van der Waals surface area contributed by atoms with Gasteiger partial charge in [-0.15, -0.1) is 0 Å². The monoisotopic (exact) mass is 334 g/mol. The lowest BCUT2D eigenvalue weighted by atomic mass is 10.1. The maximum Gasteiger partial charge on any atom is 0.244 e. The molecule has 0 aliphatic carbocycles. The number of hydrogen-bond donors (Lipinski definition) is 1. The summed E-state index contributed by atoms with van der Waals surface area (Å²) in [6.45, 7) is 7.64. The number of rotatable bonds is 4. The van der Waals surface area contributed by atoms with Gasteiger partial charge in [0.15, 0.2) is 5.78 Å². The Labute approximate surface area is 147 Å². The standard InChI is InChI=1S/C21H22N2O2/c1-13-9-14(2)11-17(10-13)22-20(25)12-23-15(3)21(16(4)24)18-7-5-6-8-19(18)23/h5-11H,12H2,1-4H3,(H,22,25). The zero-order valence-corrected chi connectivity index (χ0v) is 15.0. The first kappa shape index (κ1) is 17.0. The summed E-state index contributed by atoms with van der Waals surface area (Å²) in [5.41, 5.74) is 5.43. The van der Waals surface area contributed by atoms with Gasteiger partial charge in [-0.25, -0.2) is 0 Å². The molecular formula is C21H22N2O2. The van der Waals surface area contributed by atoms with Crippen molar-refractivity contribution in [3.05, 3.63) is 64.8 Å². The first-order valence-corrected chi connectivity index (χ1v) is 8.33. The Bertz CT molecular complexity index is 963. The van der Waals surface area contributed by atoms with Gasteiger partial charge in [-0.2, -0.15) is 0 Å². The van der Waals surface area contributed by atoms with Crippen molar-refractivity contribution in [3.8, 4) is 0 Å². The molecule has 0 bridgehead atoms. The molecule has 128 valence electrons. The number of nitrogens with one attached hydrogen (secondary N) is 1. The van der Waals surface area contributed by atoms with E-state index in [1.165, 1.54) is 0 Å². The topological polar surface area (TPSA) is 51.1 Å². The molecule has 4 heteroatoms. The van der Waals surface area contributed by atoms with E-state index in [-0.39, 0.29) is 18.2 Å². The number of Topliss-reactive ketones (excluding diaryl/α,β-unsaturated/α-hetero) is 1. The molecule has 4 nitrogen and oxygen atoms in total. The van der Waals surface area contributed by atoms with Crippen LogP contribution in [0.3, 0.4) is 0 Å². The second kappa shape index (κ2) is 6.55. The summed E-state index contributed by atoms with van der Waals surface area (Å²) < 4.78 is 1.91. The predicted molar refractivity (Wildman–Crippen MR) is 101 cm³/mol. The highest BCUT2D eigenvalue weighted by atomic mass is 16.2. The van der Waals surface area contributed by atoms with Crippen molar-refractivity contribution in [1.82, 2.24) is 4.57 Å². The maximum atomic E-state index is 12.6. The van der Waals surface area contributed by atoms with Crippen molar-refractivity contribution in [2.45, 2.75) is 34.2 Å². The Morgan fingerprint density at radius 3 is 2.28 bits per heavy atom. The fraction of sp³-hybridized carbons (Fsp3) is 0.238. The van der Waals surface area contributed by atoms with Crippen LogP contribution in [0, 0.1) is 20.8 Å². The third kappa shape index (κ3) is 3.33. The molecule has 0 saturated heterocycles. The fourth-order valence-electron chi connectivity index (χ4n) is 3.47. The summed E-state index contributed by atoms with van der Waals surface area (Å²) in [6, 6.07) is 13.7. The number of amides is 1. The van der Waals surface area contributed by atoms with E-state index in [0.717, 1.165) is 33.4 Å². The van der Waals surface area contributed by atoms with Gasteiger partial charge >= 0.3 is 0 Å². The van der Waals surface area contributed by atoms with Gasteiger partial charge < -0.3 is 9.88 Å². The zero-order valence-electron chi connectivity index (χ0n) is 15.0. The van der Waals surface area contributed by atoms with E-state index in [9.17, 15) is 9.59 Å². The average Bonchev–Trinajstić information content (AvgIpc) is 2.78. The molecule has 0 fully saturated rings. The minimum absolute atomic E-state index is 0.0159. The quantitative estimate of drug-likeness (QED) is 0.719. The molecular weight excluding hydrogens is 312 g/mol. The number of ketones is 1. The molecule has 0 aliphatic rings. The molecule has 0 unspecified atom stereocenters. The number of para-hydroxylation sites is 1. The molecule has 0 spiro atoms. The van der Waals surface area contributed by atoms with Crippen LogP contribution in [0.1, 0.15) is 34.1 Å². The normalized spacial score (nSPS) is 10.9. The van der Waals surface area contributed by atoms with Crippen molar-refractivity contribution < 1.29 is 9.59 Å². The molecule has 1 N–H and O–H groups in total. The van der Waals surface area contributed by atoms with Crippen LogP contribution >= 0.6 is 0 Å². The van der Waals surface area contributed by atoms with Crippen LogP contribution in [0.2, 0.25) is 0 Å². The van der Waals surface area contributed by atoms with Crippen LogP contribution in [-0.2, 0) is 11.3 Å². The van der Waals surface area contributed by atoms with Crippen LogP contribution in [-0.4, -0.2) is 16.3 Å². The molecule has 0 saturated carbocycles. The molecule has 2 aromatic carbocycles. The number of benzene rings is 2. The lowest BCUT2D eigenvalue weighted by Crippen LogP contribution is -2.19. The summed E-state index contributed by atoms with van der Waals surface area (Å²) in [6.07, 6.45) is 0. The average molecular weight is 334 g/mol. The van der Waals surface area contributed by atoms with Gasteiger partial charge in [0, 0.05) is 27.8 Å². The predicted octanol–water partition coefficient (Wildman–Crippen LogP) is 4.41. The Balaban J connectivity index is 1.94. The van der Waals surface area contributed by atoms with E-state index in [0.29, 0.717) is 5.56 Å². The molecule has 1 amide bonds. The van der Waals surface area contributed by atoms with Crippen LogP contribution < -0.4 is 5.32 Å². The fourth-order valence-corrected chi connectivity index (χ4v) is 3.47. The number of aromatic nitrogens is 1. The first-order chi connectivity index (χ1) is 11.9.